The molecule has 0 saturated heterocycles. The molecule has 0 radical (unpaired) electrons. The first-order chi connectivity index (χ1) is 6.42. The summed E-state index contributed by atoms with van der Waals surface area (Å²) < 4.78 is 0. The van der Waals surface area contributed by atoms with E-state index >= 15 is 0 Å². The van der Waals surface area contributed by atoms with Crippen molar-refractivity contribution < 1.29 is 5.11 Å². The maximum Gasteiger partial charge on any atom is 0.180 e. The SMILES string of the molecule is CC(C)NCC(C)(O)c1cnc(N)s1. The van der Waals surface area contributed by atoms with Crippen molar-refractivity contribution in [3.05, 3.63) is 11.1 Å². The second-order valence-electron chi connectivity index (χ2n) is 3.87. The molecule has 1 heterocycles. The molecule has 5 heteroatoms. The molecule has 0 saturated carbocycles. The van der Waals surface area contributed by atoms with Crippen LogP contribution >= 0.6 is 11.3 Å². The summed E-state index contributed by atoms with van der Waals surface area (Å²) in [4.78, 5) is 4.71. The summed E-state index contributed by atoms with van der Waals surface area (Å²) in [6.07, 6.45) is 1.63. The van der Waals surface area contributed by atoms with Crippen LogP contribution in [0.2, 0.25) is 0 Å². The molecule has 0 aliphatic rings. The first-order valence-corrected chi connectivity index (χ1v) is 5.41. The van der Waals surface area contributed by atoms with Crippen LogP contribution in [0.4, 0.5) is 5.13 Å². The van der Waals surface area contributed by atoms with Crippen LogP contribution in [-0.4, -0.2) is 22.7 Å². The lowest BCUT2D eigenvalue weighted by Gasteiger charge is -2.23. The highest BCUT2D eigenvalue weighted by Crippen LogP contribution is 2.26. The first-order valence-electron chi connectivity index (χ1n) is 4.59. The van der Waals surface area contributed by atoms with E-state index in [-0.39, 0.29) is 0 Å². The van der Waals surface area contributed by atoms with E-state index in [1.807, 2.05) is 13.8 Å². The lowest BCUT2D eigenvalue weighted by atomic mass is 10.1. The molecule has 0 bridgehead atoms. The van der Waals surface area contributed by atoms with Crippen LogP contribution in [0.25, 0.3) is 0 Å². The Morgan fingerprint density at radius 1 is 1.71 bits per heavy atom. The van der Waals surface area contributed by atoms with Gasteiger partial charge in [-0.1, -0.05) is 25.2 Å². The second kappa shape index (κ2) is 4.25. The second-order valence-corrected chi connectivity index (χ2v) is 4.93. The molecule has 1 aromatic rings. The van der Waals surface area contributed by atoms with Gasteiger partial charge < -0.3 is 16.2 Å². The van der Waals surface area contributed by atoms with Crippen molar-refractivity contribution in [2.75, 3.05) is 12.3 Å². The van der Waals surface area contributed by atoms with E-state index in [0.29, 0.717) is 17.7 Å². The van der Waals surface area contributed by atoms with E-state index in [1.165, 1.54) is 11.3 Å². The highest BCUT2D eigenvalue weighted by molar-refractivity contribution is 7.15. The summed E-state index contributed by atoms with van der Waals surface area (Å²) in [5.74, 6) is 0. The van der Waals surface area contributed by atoms with Crippen LogP contribution in [0.15, 0.2) is 6.20 Å². The predicted molar refractivity (Wildman–Crippen MR) is 59.2 cm³/mol. The number of nitrogens with one attached hydrogen (secondary N) is 1. The van der Waals surface area contributed by atoms with Crippen LogP contribution in [0.1, 0.15) is 25.6 Å². The Morgan fingerprint density at radius 2 is 2.36 bits per heavy atom. The molecule has 1 atom stereocenters. The van der Waals surface area contributed by atoms with Gasteiger partial charge in [0.25, 0.3) is 0 Å². The molecule has 0 spiro atoms. The molecule has 14 heavy (non-hydrogen) atoms. The maximum absolute atomic E-state index is 10.1. The fraction of sp³-hybridized carbons (Fsp3) is 0.667. The topological polar surface area (TPSA) is 71.2 Å². The third-order valence-electron chi connectivity index (χ3n) is 1.91. The van der Waals surface area contributed by atoms with E-state index in [1.54, 1.807) is 13.1 Å². The number of nitrogens with zero attached hydrogens (tertiary/aromatic N) is 1. The summed E-state index contributed by atoms with van der Waals surface area (Å²) in [6.45, 7) is 6.34. The molecule has 0 amide bonds. The van der Waals surface area contributed by atoms with Gasteiger partial charge in [-0.25, -0.2) is 4.98 Å². The molecular formula is C9H17N3OS. The minimum atomic E-state index is -0.889. The number of rotatable bonds is 4. The van der Waals surface area contributed by atoms with Crippen molar-refractivity contribution >= 4 is 16.5 Å². The van der Waals surface area contributed by atoms with Gasteiger partial charge in [-0.3, -0.25) is 0 Å². The van der Waals surface area contributed by atoms with E-state index in [9.17, 15) is 5.11 Å². The average Bonchev–Trinajstić information content (AvgIpc) is 2.49. The maximum atomic E-state index is 10.1. The van der Waals surface area contributed by atoms with E-state index in [2.05, 4.69) is 10.3 Å². The molecule has 1 rings (SSSR count). The number of nitrogen functional groups attached to an aromatic ring is 1. The van der Waals surface area contributed by atoms with E-state index < -0.39 is 5.60 Å². The summed E-state index contributed by atoms with van der Waals surface area (Å²) >= 11 is 1.32. The fourth-order valence-corrected chi connectivity index (χ4v) is 1.75. The standard InChI is InChI=1S/C9H17N3OS/c1-6(2)12-5-9(3,13)7-4-11-8(10)14-7/h4,6,12-13H,5H2,1-3H3,(H2,10,11). The van der Waals surface area contributed by atoms with Gasteiger partial charge in [-0.05, 0) is 6.92 Å². The predicted octanol–water partition coefficient (Wildman–Crippen LogP) is 0.931. The monoisotopic (exact) mass is 215 g/mol. The minimum Gasteiger partial charge on any atom is -0.383 e. The van der Waals surface area contributed by atoms with Gasteiger partial charge in [0.1, 0.15) is 5.60 Å². The number of anilines is 1. The number of hydrogen-bond donors (Lipinski definition) is 3. The molecular weight excluding hydrogens is 198 g/mol. The van der Waals surface area contributed by atoms with Crippen molar-refractivity contribution in [3.63, 3.8) is 0 Å². The third-order valence-corrected chi connectivity index (χ3v) is 2.99. The van der Waals surface area contributed by atoms with Gasteiger partial charge in [-0.15, -0.1) is 0 Å². The Kier molecular flexibility index (Phi) is 3.47. The van der Waals surface area contributed by atoms with Gasteiger partial charge >= 0.3 is 0 Å². The number of aromatic nitrogens is 1. The first kappa shape index (κ1) is 11.4. The highest BCUT2D eigenvalue weighted by Gasteiger charge is 2.25. The van der Waals surface area contributed by atoms with Crippen LogP contribution in [0.3, 0.4) is 0 Å². The van der Waals surface area contributed by atoms with Crippen molar-refractivity contribution in [1.82, 2.24) is 10.3 Å². The van der Waals surface area contributed by atoms with E-state index in [4.69, 9.17) is 5.73 Å². The zero-order chi connectivity index (χ0) is 10.8. The van der Waals surface area contributed by atoms with Gasteiger partial charge in [0.05, 0.1) is 4.88 Å². The van der Waals surface area contributed by atoms with Crippen LogP contribution in [0, 0.1) is 0 Å². The molecule has 0 fully saturated rings. The lowest BCUT2D eigenvalue weighted by molar-refractivity contribution is 0.0585. The number of aliphatic hydroxyl groups is 1. The highest BCUT2D eigenvalue weighted by atomic mass is 32.1. The molecule has 4 nitrogen and oxygen atoms in total. The summed E-state index contributed by atoms with van der Waals surface area (Å²) in [7, 11) is 0. The lowest BCUT2D eigenvalue weighted by Crippen LogP contribution is -2.38. The van der Waals surface area contributed by atoms with Gasteiger partial charge in [0.2, 0.25) is 0 Å². The fourth-order valence-electron chi connectivity index (χ4n) is 1.03. The summed E-state index contributed by atoms with van der Waals surface area (Å²) in [5.41, 5.74) is 4.62. The van der Waals surface area contributed by atoms with E-state index in [0.717, 1.165) is 4.88 Å². The van der Waals surface area contributed by atoms with Gasteiger partial charge in [0.15, 0.2) is 5.13 Å². The molecule has 1 aromatic heterocycles. The third kappa shape index (κ3) is 2.94. The molecule has 80 valence electrons. The van der Waals surface area contributed by atoms with Crippen LogP contribution in [-0.2, 0) is 5.60 Å². The Hall–Kier alpha value is -0.650. The Bertz CT molecular complexity index is 296. The average molecular weight is 215 g/mol. The molecule has 4 N–H and O–H groups in total. The number of nitrogens with two attached hydrogens (primary N) is 1. The molecule has 1 unspecified atom stereocenters. The number of thiazole rings is 1. The van der Waals surface area contributed by atoms with Gasteiger partial charge in [-0.2, -0.15) is 0 Å². The summed E-state index contributed by atoms with van der Waals surface area (Å²) in [5, 5.41) is 13.8. The Balaban J connectivity index is 2.65. The zero-order valence-electron chi connectivity index (χ0n) is 8.74. The van der Waals surface area contributed by atoms with Crippen molar-refractivity contribution in [3.8, 4) is 0 Å². The molecule has 0 aliphatic carbocycles. The van der Waals surface area contributed by atoms with Crippen molar-refractivity contribution in [1.29, 1.82) is 0 Å². The normalized spacial score (nSPS) is 15.8. The largest absolute Gasteiger partial charge is 0.383 e. The van der Waals surface area contributed by atoms with Crippen LogP contribution < -0.4 is 11.1 Å². The van der Waals surface area contributed by atoms with Crippen molar-refractivity contribution in [2.45, 2.75) is 32.4 Å². The quantitative estimate of drug-likeness (QED) is 0.699. The Labute approximate surface area is 88.2 Å². The van der Waals surface area contributed by atoms with Crippen LogP contribution in [0.5, 0.6) is 0 Å². The Morgan fingerprint density at radius 3 is 2.79 bits per heavy atom. The van der Waals surface area contributed by atoms with Gasteiger partial charge in [0, 0.05) is 18.8 Å². The number of hydrogen-bond acceptors (Lipinski definition) is 5. The minimum absolute atomic E-state index is 0.353. The zero-order valence-corrected chi connectivity index (χ0v) is 9.56. The smallest absolute Gasteiger partial charge is 0.180 e. The molecule has 0 aliphatic heterocycles. The molecule has 0 aromatic carbocycles. The summed E-state index contributed by atoms with van der Waals surface area (Å²) in [6, 6.07) is 0.353. The van der Waals surface area contributed by atoms with Crippen molar-refractivity contribution in [2.24, 2.45) is 0 Å².